The Bertz CT molecular complexity index is 485. The van der Waals surface area contributed by atoms with Crippen LogP contribution in [0.15, 0.2) is 67.3 Å². The van der Waals surface area contributed by atoms with Gasteiger partial charge in [0.2, 0.25) is 0 Å². The zero-order chi connectivity index (χ0) is 12.8. The van der Waals surface area contributed by atoms with Crippen molar-refractivity contribution in [3.63, 3.8) is 0 Å². The molecule has 2 aromatic rings. The first-order valence-electron chi connectivity index (χ1n) is 6.18. The van der Waals surface area contributed by atoms with E-state index in [2.05, 4.69) is 37.8 Å². The highest BCUT2D eigenvalue weighted by Crippen LogP contribution is 2.16. The molecule has 2 rings (SSSR count). The van der Waals surface area contributed by atoms with Crippen LogP contribution in [0.2, 0.25) is 0 Å². The van der Waals surface area contributed by atoms with Crippen LogP contribution in [-0.2, 0) is 6.42 Å². The topological polar surface area (TPSA) is 9.23 Å². The number of hydrogen-bond acceptors (Lipinski definition) is 1. The van der Waals surface area contributed by atoms with Crippen LogP contribution in [0.1, 0.15) is 11.1 Å². The molecule has 1 nitrogen and oxygen atoms in total. The maximum atomic E-state index is 5.90. The molecule has 92 valence electrons. The third-order valence-corrected chi connectivity index (χ3v) is 2.85. The zero-order valence-corrected chi connectivity index (χ0v) is 10.7. The van der Waals surface area contributed by atoms with Gasteiger partial charge in [0.05, 0.1) is 0 Å². The van der Waals surface area contributed by atoms with E-state index in [1.54, 1.807) is 0 Å². The van der Waals surface area contributed by atoms with E-state index >= 15 is 0 Å². The van der Waals surface area contributed by atoms with E-state index < -0.39 is 0 Å². The lowest BCUT2D eigenvalue weighted by molar-refractivity contribution is 0.250. The molecule has 0 aromatic heterocycles. The molecule has 1 heteroatoms. The van der Waals surface area contributed by atoms with E-state index in [0.717, 1.165) is 12.2 Å². The van der Waals surface area contributed by atoms with Crippen molar-refractivity contribution in [2.75, 3.05) is 0 Å². The van der Waals surface area contributed by atoms with Gasteiger partial charge in [0.1, 0.15) is 11.9 Å². The first kappa shape index (κ1) is 12.4. The van der Waals surface area contributed by atoms with Crippen LogP contribution in [0, 0.1) is 6.92 Å². The van der Waals surface area contributed by atoms with Gasteiger partial charge < -0.3 is 4.74 Å². The van der Waals surface area contributed by atoms with Crippen molar-refractivity contribution in [1.29, 1.82) is 0 Å². The molecule has 0 saturated heterocycles. The van der Waals surface area contributed by atoms with Gasteiger partial charge in [-0.25, -0.2) is 0 Å². The SMILES string of the molecule is C=CC(Cc1ccccc1)Oc1ccc(C)cc1. The monoisotopic (exact) mass is 238 g/mol. The fraction of sp³-hybridized carbons (Fsp3) is 0.176. The summed E-state index contributed by atoms with van der Waals surface area (Å²) in [7, 11) is 0. The van der Waals surface area contributed by atoms with E-state index in [-0.39, 0.29) is 6.10 Å². The van der Waals surface area contributed by atoms with Gasteiger partial charge in [-0.1, -0.05) is 60.7 Å². The summed E-state index contributed by atoms with van der Waals surface area (Å²) in [5.74, 6) is 0.890. The summed E-state index contributed by atoms with van der Waals surface area (Å²) in [6.45, 7) is 5.91. The molecule has 2 aromatic carbocycles. The molecule has 0 aliphatic rings. The van der Waals surface area contributed by atoms with Crippen LogP contribution >= 0.6 is 0 Å². The Morgan fingerprint density at radius 2 is 1.72 bits per heavy atom. The zero-order valence-electron chi connectivity index (χ0n) is 10.7. The Kier molecular flexibility index (Phi) is 4.19. The maximum absolute atomic E-state index is 5.90. The average Bonchev–Trinajstić information content (AvgIpc) is 2.41. The van der Waals surface area contributed by atoms with Crippen LogP contribution in [-0.4, -0.2) is 6.10 Å². The van der Waals surface area contributed by atoms with Crippen molar-refractivity contribution in [3.05, 3.63) is 78.4 Å². The van der Waals surface area contributed by atoms with Crippen LogP contribution in [0.25, 0.3) is 0 Å². The van der Waals surface area contributed by atoms with Crippen molar-refractivity contribution in [2.45, 2.75) is 19.4 Å². The predicted octanol–water partition coefficient (Wildman–Crippen LogP) is 4.17. The fourth-order valence-electron chi connectivity index (χ4n) is 1.81. The van der Waals surface area contributed by atoms with Gasteiger partial charge in [-0.2, -0.15) is 0 Å². The fourth-order valence-corrected chi connectivity index (χ4v) is 1.81. The van der Waals surface area contributed by atoms with E-state index in [4.69, 9.17) is 4.74 Å². The third-order valence-electron chi connectivity index (χ3n) is 2.85. The highest BCUT2D eigenvalue weighted by Gasteiger charge is 2.07. The Morgan fingerprint density at radius 3 is 2.33 bits per heavy atom. The van der Waals surface area contributed by atoms with Gasteiger partial charge in [0.25, 0.3) is 0 Å². The summed E-state index contributed by atoms with van der Waals surface area (Å²) in [5.41, 5.74) is 2.50. The Balaban J connectivity index is 2.01. The molecule has 0 heterocycles. The smallest absolute Gasteiger partial charge is 0.121 e. The molecule has 0 saturated carbocycles. The summed E-state index contributed by atoms with van der Waals surface area (Å²) < 4.78 is 5.90. The first-order valence-corrected chi connectivity index (χ1v) is 6.18. The minimum Gasteiger partial charge on any atom is -0.486 e. The van der Waals surface area contributed by atoms with Crippen LogP contribution < -0.4 is 4.74 Å². The Morgan fingerprint density at radius 1 is 1.06 bits per heavy atom. The third kappa shape index (κ3) is 3.49. The van der Waals surface area contributed by atoms with Gasteiger partial charge in [-0.15, -0.1) is 0 Å². The molecule has 0 aliphatic carbocycles. The lowest BCUT2D eigenvalue weighted by Crippen LogP contribution is -2.16. The van der Waals surface area contributed by atoms with Gasteiger partial charge in [0, 0.05) is 6.42 Å². The number of benzene rings is 2. The second-order valence-electron chi connectivity index (χ2n) is 4.39. The molecule has 0 spiro atoms. The summed E-state index contributed by atoms with van der Waals surface area (Å²) in [5, 5.41) is 0. The highest BCUT2D eigenvalue weighted by molar-refractivity contribution is 5.27. The molecule has 18 heavy (non-hydrogen) atoms. The van der Waals surface area contributed by atoms with Crippen LogP contribution in [0.3, 0.4) is 0 Å². The minimum absolute atomic E-state index is 0.00936. The highest BCUT2D eigenvalue weighted by atomic mass is 16.5. The largest absolute Gasteiger partial charge is 0.486 e. The Labute approximate surface area is 109 Å². The van der Waals surface area contributed by atoms with Gasteiger partial charge in [-0.3, -0.25) is 0 Å². The number of ether oxygens (including phenoxy) is 1. The van der Waals surface area contributed by atoms with E-state index in [0.29, 0.717) is 0 Å². The van der Waals surface area contributed by atoms with Gasteiger partial charge in [-0.05, 0) is 24.6 Å². The van der Waals surface area contributed by atoms with Crippen molar-refractivity contribution in [3.8, 4) is 5.75 Å². The molecule has 0 fully saturated rings. The quantitative estimate of drug-likeness (QED) is 0.710. The molecule has 0 amide bonds. The van der Waals surface area contributed by atoms with Gasteiger partial charge >= 0.3 is 0 Å². The first-order chi connectivity index (χ1) is 8.78. The van der Waals surface area contributed by atoms with E-state index in [9.17, 15) is 0 Å². The minimum atomic E-state index is 0.00936. The summed E-state index contributed by atoms with van der Waals surface area (Å²) in [4.78, 5) is 0. The average molecular weight is 238 g/mol. The van der Waals surface area contributed by atoms with Crippen LogP contribution in [0.5, 0.6) is 5.75 Å². The van der Waals surface area contributed by atoms with Crippen molar-refractivity contribution in [1.82, 2.24) is 0 Å². The molecular formula is C17H18O. The number of hydrogen-bond donors (Lipinski definition) is 0. The van der Waals surface area contributed by atoms with E-state index in [1.807, 2.05) is 36.4 Å². The summed E-state index contributed by atoms with van der Waals surface area (Å²) in [6.07, 6.45) is 2.71. The predicted molar refractivity (Wildman–Crippen MR) is 75.9 cm³/mol. The maximum Gasteiger partial charge on any atom is 0.121 e. The van der Waals surface area contributed by atoms with Crippen molar-refractivity contribution in [2.24, 2.45) is 0 Å². The number of aryl methyl sites for hydroxylation is 1. The summed E-state index contributed by atoms with van der Waals surface area (Å²) >= 11 is 0. The second-order valence-corrected chi connectivity index (χ2v) is 4.39. The lowest BCUT2D eigenvalue weighted by Gasteiger charge is -2.15. The van der Waals surface area contributed by atoms with E-state index in [1.165, 1.54) is 11.1 Å². The normalized spacial score (nSPS) is 11.8. The molecule has 0 radical (unpaired) electrons. The molecule has 0 bridgehead atoms. The second kappa shape index (κ2) is 6.06. The van der Waals surface area contributed by atoms with Crippen molar-refractivity contribution >= 4 is 0 Å². The Hall–Kier alpha value is -2.02. The molecule has 0 aliphatic heterocycles. The van der Waals surface area contributed by atoms with Crippen molar-refractivity contribution < 1.29 is 4.74 Å². The molecular weight excluding hydrogens is 220 g/mol. The number of rotatable bonds is 5. The summed E-state index contributed by atoms with van der Waals surface area (Å²) in [6, 6.07) is 18.4. The van der Waals surface area contributed by atoms with Crippen LogP contribution in [0.4, 0.5) is 0 Å². The standard InChI is InChI=1S/C17H18O/c1-3-16(13-15-7-5-4-6-8-15)18-17-11-9-14(2)10-12-17/h3-12,16H,1,13H2,2H3. The molecule has 0 N–H and O–H groups in total. The molecule has 1 atom stereocenters. The lowest BCUT2D eigenvalue weighted by atomic mass is 10.1. The molecule has 1 unspecified atom stereocenters. The van der Waals surface area contributed by atoms with Gasteiger partial charge in [0.15, 0.2) is 0 Å².